The van der Waals surface area contributed by atoms with Gasteiger partial charge in [-0.05, 0) is 18.2 Å². The van der Waals surface area contributed by atoms with Gasteiger partial charge in [0.15, 0.2) is 5.12 Å². The number of thioether (sulfide) groups is 1. The Kier molecular flexibility index (Phi) is 4.58. The lowest BCUT2D eigenvalue weighted by Crippen LogP contribution is -1.89. The zero-order valence-corrected chi connectivity index (χ0v) is 9.73. The van der Waals surface area contributed by atoms with Gasteiger partial charge in [-0.1, -0.05) is 17.8 Å². The quantitative estimate of drug-likeness (QED) is 0.882. The lowest BCUT2D eigenvalue weighted by molar-refractivity contribution is -0.109. The lowest BCUT2D eigenvalue weighted by atomic mass is 10.4. The van der Waals surface area contributed by atoms with Crippen molar-refractivity contribution in [1.82, 2.24) is 0 Å². The van der Waals surface area contributed by atoms with Gasteiger partial charge in [0.25, 0.3) is 0 Å². The first kappa shape index (κ1) is 12.0. The van der Waals surface area contributed by atoms with E-state index < -0.39 is 5.97 Å². The van der Waals surface area contributed by atoms with Crippen molar-refractivity contribution in [2.45, 2.75) is 6.92 Å². The van der Waals surface area contributed by atoms with Crippen LogP contribution in [0.4, 0.5) is 0 Å². The van der Waals surface area contributed by atoms with Crippen LogP contribution in [0.2, 0.25) is 0 Å². The molecule has 0 aliphatic heterocycles. The van der Waals surface area contributed by atoms with Gasteiger partial charge in [0.1, 0.15) is 4.88 Å². The zero-order valence-electron chi connectivity index (χ0n) is 8.10. The first-order valence-corrected chi connectivity index (χ1v) is 6.03. The van der Waals surface area contributed by atoms with Crippen LogP contribution in [-0.2, 0) is 4.79 Å². The molecule has 3 nitrogen and oxygen atoms in total. The highest BCUT2D eigenvalue weighted by Crippen LogP contribution is 2.18. The molecule has 80 valence electrons. The fourth-order valence-electron chi connectivity index (χ4n) is 0.887. The molecule has 1 N–H and O–H groups in total. The Bertz CT molecular complexity index is 393. The second-order valence-electron chi connectivity index (χ2n) is 2.71. The first-order valence-electron chi connectivity index (χ1n) is 4.22. The third-order valence-corrected chi connectivity index (χ3v) is 3.31. The summed E-state index contributed by atoms with van der Waals surface area (Å²) in [5.74, 6) is -0.284. The van der Waals surface area contributed by atoms with Gasteiger partial charge in [0, 0.05) is 17.6 Å². The van der Waals surface area contributed by atoms with Crippen LogP contribution in [0.3, 0.4) is 0 Å². The molecular formula is C10H10O3S2. The summed E-state index contributed by atoms with van der Waals surface area (Å²) < 4.78 is 0. The molecule has 1 aromatic rings. The molecule has 0 radical (unpaired) electrons. The van der Waals surface area contributed by atoms with E-state index in [-0.39, 0.29) is 5.12 Å². The first-order chi connectivity index (χ1) is 7.09. The average Bonchev–Trinajstić information content (AvgIpc) is 2.60. The summed E-state index contributed by atoms with van der Waals surface area (Å²) in [5, 5.41) is 8.76. The number of hydrogen-bond acceptors (Lipinski definition) is 4. The van der Waals surface area contributed by atoms with Gasteiger partial charge in [-0.3, -0.25) is 4.79 Å². The number of carbonyl (C=O) groups excluding carboxylic acids is 1. The van der Waals surface area contributed by atoms with Gasteiger partial charge in [-0.2, -0.15) is 0 Å². The largest absolute Gasteiger partial charge is 0.477 e. The Morgan fingerprint density at radius 1 is 1.53 bits per heavy atom. The summed E-state index contributed by atoms with van der Waals surface area (Å²) >= 11 is 2.45. The van der Waals surface area contributed by atoms with Crippen molar-refractivity contribution >= 4 is 40.3 Å². The summed E-state index contributed by atoms with van der Waals surface area (Å²) in [4.78, 5) is 22.4. The van der Waals surface area contributed by atoms with Gasteiger partial charge in [0.05, 0.1) is 0 Å². The van der Waals surface area contributed by atoms with E-state index in [4.69, 9.17) is 5.11 Å². The lowest BCUT2D eigenvalue weighted by Gasteiger charge is -1.87. The van der Waals surface area contributed by atoms with Crippen LogP contribution >= 0.6 is 23.1 Å². The molecule has 1 aromatic heterocycles. The number of rotatable bonds is 4. The van der Waals surface area contributed by atoms with Gasteiger partial charge in [-0.25, -0.2) is 4.79 Å². The standard InChI is InChI=1S/C10H10O3S2/c1-7(11)14-6-2-3-8-4-5-9(15-8)10(12)13/h2-5H,6H2,1H3,(H,12,13). The minimum atomic E-state index is -0.905. The smallest absolute Gasteiger partial charge is 0.345 e. The zero-order chi connectivity index (χ0) is 11.3. The maximum absolute atomic E-state index is 10.6. The highest BCUT2D eigenvalue weighted by atomic mass is 32.2. The van der Waals surface area contributed by atoms with Crippen molar-refractivity contribution in [3.05, 3.63) is 28.0 Å². The van der Waals surface area contributed by atoms with Gasteiger partial charge < -0.3 is 5.11 Å². The molecule has 1 rings (SSSR count). The van der Waals surface area contributed by atoms with Crippen molar-refractivity contribution in [3.63, 3.8) is 0 Å². The highest BCUT2D eigenvalue weighted by molar-refractivity contribution is 8.13. The van der Waals surface area contributed by atoms with Gasteiger partial charge in [0.2, 0.25) is 0 Å². The number of hydrogen-bond donors (Lipinski definition) is 1. The Morgan fingerprint density at radius 3 is 2.80 bits per heavy atom. The third kappa shape index (κ3) is 4.31. The number of carboxylic acid groups (broad SMARTS) is 1. The van der Waals surface area contributed by atoms with Crippen molar-refractivity contribution < 1.29 is 14.7 Å². The molecule has 15 heavy (non-hydrogen) atoms. The van der Waals surface area contributed by atoms with E-state index in [2.05, 4.69) is 0 Å². The average molecular weight is 242 g/mol. The Morgan fingerprint density at radius 2 is 2.27 bits per heavy atom. The molecule has 5 heteroatoms. The normalized spacial score (nSPS) is 10.7. The van der Waals surface area contributed by atoms with Crippen LogP contribution < -0.4 is 0 Å². The van der Waals surface area contributed by atoms with Crippen LogP contribution in [0.25, 0.3) is 6.08 Å². The fraction of sp³-hybridized carbons (Fsp3) is 0.200. The minimum Gasteiger partial charge on any atom is -0.477 e. The van der Waals surface area contributed by atoms with Gasteiger partial charge in [-0.15, -0.1) is 11.3 Å². The maximum Gasteiger partial charge on any atom is 0.345 e. The minimum absolute atomic E-state index is 0.0806. The Hall–Kier alpha value is -1.07. The van der Waals surface area contributed by atoms with Crippen LogP contribution in [0, 0.1) is 0 Å². The van der Waals surface area contributed by atoms with E-state index in [0.717, 1.165) is 4.88 Å². The molecule has 0 amide bonds. The van der Waals surface area contributed by atoms with Crippen molar-refractivity contribution in [2.75, 3.05) is 5.75 Å². The predicted octanol–water partition coefficient (Wildman–Crippen LogP) is 2.74. The van der Waals surface area contributed by atoms with Crippen LogP contribution in [-0.4, -0.2) is 21.9 Å². The van der Waals surface area contributed by atoms with E-state index in [9.17, 15) is 9.59 Å². The number of thiophene rings is 1. The molecule has 0 saturated carbocycles. The fourth-order valence-corrected chi connectivity index (χ4v) is 2.09. The summed E-state index contributed by atoms with van der Waals surface area (Å²) in [6.45, 7) is 1.52. The molecule has 0 aliphatic carbocycles. The molecule has 0 saturated heterocycles. The van der Waals surface area contributed by atoms with E-state index >= 15 is 0 Å². The molecular weight excluding hydrogens is 232 g/mol. The van der Waals surface area contributed by atoms with Crippen LogP contribution in [0.1, 0.15) is 21.5 Å². The van der Waals surface area contributed by atoms with Crippen LogP contribution in [0.5, 0.6) is 0 Å². The molecule has 0 aliphatic rings. The van der Waals surface area contributed by atoms with Gasteiger partial charge >= 0.3 is 5.97 Å². The monoisotopic (exact) mass is 242 g/mol. The van der Waals surface area contributed by atoms with Crippen molar-refractivity contribution in [1.29, 1.82) is 0 Å². The molecule has 1 heterocycles. The summed E-state index contributed by atoms with van der Waals surface area (Å²) in [6.07, 6.45) is 3.68. The molecule has 0 spiro atoms. The number of carbonyl (C=O) groups is 2. The van der Waals surface area contributed by atoms with E-state index in [1.165, 1.54) is 30.0 Å². The van der Waals surface area contributed by atoms with E-state index in [1.807, 2.05) is 12.2 Å². The molecule has 0 unspecified atom stereocenters. The Balaban J connectivity index is 2.50. The number of aromatic carboxylic acids is 1. The van der Waals surface area contributed by atoms with E-state index in [1.54, 1.807) is 12.1 Å². The maximum atomic E-state index is 10.6. The molecule has 0 fully saturated rings. The molecule has 0 atom stereocenters. The molecule has 0 bridgehead atoms. The second-order valence-corrected chi connectivity index (χ2v) is 5.02. The topological polar surface area (TPSA) is 54.4 Å². The predicted molar refractivity (Wildman–Crippen MR) is 63.5 cm³/mol. The highest BCUT2D eigenvalue weighted by Gasteiger charge is 2.04. The van der Waals surface area contributed by atoms with Crippen molar-refractivity contribution in [3.8, 4) is 0 Å². The second kappa shape index (κ2) is 5.72. The summed E-state index contributed by atoms with van der Waals surface area (Å²) in [7, 11) is 0. The van der Waals surface area contributed by atoms with E-state index in [0.29, 0.717) is 10.6 Å². The molecule has 0 aromatic carbocycles. The third-order valence-electron chi connectivity index (χ3n) is 1.50. The number of carboxylic acids is 1. The SMILES string of the molecule is CC(=O)SCC=Cc1ccc(C(=O)O)s1. The van der Waals surface area contributed by atoms with Crippen LogP contribution in [0.15, 0.2) is 18.2 Å². The van der Waals surface area contributed by atoms with Crippen molar-refractivity contribution in [2.24, 2.45) is 0 Å². The summed E-state index contributed by atoms with van der Waals surface area (Å²) in [6, 6.07) is 3.33. The summed E-state index contributed by atoms with van der Waals surface area (Å²) in [5.41, 5.74) is 0. The Labute approximate surface area is 95.8 Å².